The number of nitrogens with one attached hydrogen (secondary N) is 1. The monoisotopic (exact) mass is 368 g/mol. The van der Waals surface area contributed by atoms with Crippen molar-refractivity contribution in [1.82, 2.24) is 9.88 Å². The van der Waals surface area contributed by atoms with Crippen molar-refractivity contribution in [1.29, 1.82) is 0 Å². The molecular weight excluding hydrogens is 350 g/mol. The van der Waals surface area contributed by atoms with E-state index in [-0.39, 0.29) is 5.41 Å². The highest BCUT2D eigenvalue weighted by Gasteiger charge is 2.55. The van der Waals surface area contributed by atoms with Crippen LogP contribution in [0.25, 0.3) is 10.9 Å². The second kappa shape index (κ2) is 5.55. The summed E-state index contributed by atoms with van der Waals surface area (Å²) in [6, 6.07) is 11.2. The fourth-order valence-electron chi connectivity index (χ4n) is 4.47. The van der Waals surface area contributed by atoms with Crippen LogP contribution in [0.15, 0.2) is 42.5 Å². The predicted octanol–water partition coefficient (Wildman–Crippen LogP) is 4.65. The van der Waals surface area contributed by atoms with Crippen molar-refractivity contribution in [3.8, 4) is 0 Å². The summed E-state index contributed by atoms with van der Waals surface area (Å²) in [4.78, 5) is 17.6. The number of para-hydroxylation sites is 1. The highest BCUT2D eigenvalue weighted by molar-refractivity contribution is 5.88. The van der Waals surface area contributed by atoms with Gasteiger partial charge in [-0.2, -0.15) is 0 Å². The molecule has 1 unspecified atom stereocenters. The second-order valence-corrected chi connectivity index (χ2v) is 7.41. The molecule has 1 fully saturated rings. The fourth-order valence-corrected chi connectivity index (χ4v) is 4.47. The van der Waals surface area contributed by atoms with Gasteiger partial charge in [0.15, 0.2) is 11.6 Å². The molecular formula is C21H18F2N2O2. The highest BCUT2D eigenvalue weighted by atomic mass is 19.2. The number of H-pyrrole nitrogens is 1. The molecule has 6 heteroatoms. The average molecular weight is 368 g/mol. The number of fused-ring (bicyclic) bond motifs is 4. The normalized spacial score (nSPS) is 20.0. The number of halogens is 2. The van der Waals surface area contributed by atoms with Gasteiger partial charge in [-0.3, -0.25) is 4.90 Å². The van der Waals surface area contributed by atoms with E-state index in [9.17, 15) is 13.6 Å². The summed E-state index contributed by atoms with van der Waals surface area (Å²) in [7, 11) is 1.34. The molecule has 3 aromatic rings. The third-order valence-corrected chi connectivity index (χ3v) is 5.85. The Hall–Kier alpha value is -2.89. The molecule has 1 amide bonds. The van der Waals surface area contributed by atoms with Gasteiger partial charge in [0.2, 0.25) is 0 Å². The zero-order valence-electron chi connectivity index (χ0n) is 14.8. The fraction of sp³-hybridized carbons (Fsp3) is 0.286. The van der Waals surface area contributed by atoms with E-state index in [0.29, 0.717) is 12.1 Å². The van der Waals surface area contributed by atoms with E-state index < -0.39 is 23.8 Å². The number of hydrogen-bond donors (Lipinski definition) is 1. The SMILES string of the molecule is COC(=O)N1CC2(CC2)c2c([nH]c3ccccc23)C1c1ccc(F)c(F)c1. The van der Waals surface area contributed by atoms with E-state index in [0.717, 1.165) is 41.6 Å². The molecule has 0 saturated heterocycles. The Bertz CT molecular complexity index is 1070. The lowest BCUT2D eigenvalue weighted by Crippen LogP contribution is -2.45. The smallest absolute Gasteiger partial charge is 0.410 e. The highest BCUT2D eigenvalue weighted by Crippen LogP contribution is 2.57. The number of rotatable bonds is 1. The molecule has 0 bridgehead atoms. The largest absolute Gasteiger partial charge is 0.453 e. The zero-order chi connectivity index (χ0) is 18.8. The van der Waals surface area contributed by atoms with Crippen molar-refractivity contribution >= 4 is 17.0 Å². The molecule has 1 aliphatic heterocycles. The van der Waals surface area contributed by atoms with Gasteiger partial charge in [-0.1, -0.05) is 24.3 Å². The summed E-state index contributed by atoms with van der Waals surface area (Å²) in [6.07, 6.45) is 1.50. The quantitative estimate of drug-likeness (QED) is 0.680. The number of aromatic amines is 1. The molecule has 5 rings (SSSR count). The second-order valence-electron chi connectivity index (χ2n) is 7.41. The lowest BCUT2D eigenvalue weighted by atomic mass is 9.83. The third-order valence-electron chi connectivity index (χ3n) is 5.85. The van der Waals surface area contributed by atoms with Crippen LogP contribution in [0.2, 0.25) is 0 Å². The maximum atomic E-state index is 14.0. The Morgan fingerprint density at radius 2 is 1.96 bits per heavy atom. The van der Waals surface area contributed by atoms with Gasteiger partial charge in [-0.25, -0.2) is 13.6 Å². The minimum Gasteiger partial charge on any atom is -0.453 e. The van der Waals surface area contributed by atoms with Crippen LogP contribution in [0.4, 0.5) is 13.6 Å². The Balaban J connectivity index is 1.77. The van der Waals surface area contributed by atoms with Gasteiger partial charge in [-0.15, -0.1) is 0 Å². The van der Waals surface area contributed by atoms with Crippen LogP contribution in [0, 0.1) is 11.6 Å². The van der Waals surface area contributed by atoms with Gasteiger partial charge in [0.25, 0.3) is 0 Å². The lowest BCUT2D eigenvalue weighted by Gasteiger charge is -2.39. The van der Waals surface area contributed by atoms with Crippen molar-refractivity contribution in [3.05, 3.63) is 70.9 Å². The molecule has 2 heterocycles. The summed E-state index contributed by atoms with van der Waals surface area (Å²) in [5.41, 5.74) is 3.44. The first-order chi connectivity index (χ1) is 13.0. The Labute approximate surface area is 154 Å². The minimum absolute atomic E-state index is 0.0990. The standard InChI is InChI=1S/C21H18F2N2O2/c1-27-20(26)25-11-21(8-9-21)17-13-4-2-3-5-16(13)24-18(17)19(25)12-6-7-14(22)15(23)10-12/h2-7,10,19,24H,8-9,11H2,1H3. The third kappa shape index (κ3) is 2.29. The Morgan fingerprint density at radius 1 is 1.19 bits per heavy atom. The van der Waals surface area contributed by atoms with E-state index in [2.05, 4.69) is 11.1 Å². The first kappa shape index (κ1) is 16.3. The van der Waals surface area contributed by atoms with Crippen molar-refractivity contribution in [2.24, 2.45) is 0 Å². The van der Waals surface area contributed by atoms with Gasteiger partial charge < -0.3 is 9.72 Å². The number of nitrogens with zero attached hydrogens (tertiary/aromatic N) is 1. The molecule has 4 nitrogen and oxygen atoms in total. The van der Waals surface area contributed by atoms with Gasteiger partial charge >= 0.3 is 6.09 Å². The van der Waals surface area contributed by atoms with Crippen molar-refractivity contribution in [2.75, 3.05) is 13.7 Å². The number of hydrogen-bond acceptors (Lipinski definition) is 2. The van der Waals surface area contributed by atoms with E-state index in [1.807, 2.05) is 18.2 Å². The van der Waals surface area contributed by atoms with Gasteiger partial charge in [0.05, 0.1) is 7.11 Å². The van der Waals surface area contributed by atoms with Crippen molar-refractivity contribution in [2.45, 2.75) is 24.3 Å². The summed E-state index contributed by atoms with van der Waals surface area (Å²) < 4.78 is 32.5. The topological polar surface area (TPSA) is 45.3 Å². The number of ether oxygens (including phenoxy) is 1. The number of carbonyl (C=O) groups excluding carboxylic acids is 1. The van der Waals surface area contributed by atoms with E-state index in [4.69, 9.17) is 4.74 Å². The number of methoxy groups -OCH3 is 1. The maximum absolute atomic E-state index is 14.0. The maximum Gasteiger partial charge on any atom is 0.410 e. The van der Waals surface area contributed by atoms with E-state index in [1.165, 1.54) is 18.7 Å². The average Bonchev–Trinajstić information content (AvgIpc) is 3.32. The van der Waals surface area contributed by atoms with Crippen LogP contribution < -0.4 is 0 Å². The number of amides is 1. The molecule has 1 aromatic heterocycles. The molecule has 1 N–H and O–H groups in total. The molecule has 138 valence electrons. The van der Waals surface area contributed by atoms with Crippen LogP contribution in [0.3, 0.4) is 0 Å². The molecule has 27 heavy (non-hydrogen) atoms. The summed E-state index contributed by atoms with van der Waals surface area (Å²) in [5, 5.41) is 1.13. The van der Waals surface area contributed by atoms with Crippen molar-refractivity contribution in [3.63, 3.8) is 0 Å². The summed E-state index contributed by atoms with van der Waals surface area (Å²) >= 11 is 0. The molecule has 1 atom stereocenters. The number of aromatic nitrogens is 1. The molecule has 2 aromatic carbocycles. The summed E-state index contributed by atoms with van der Waals surface area (Å²) in [5.74, 6) is -1.84. The predicted molar refractivity (Wildman–Crippen MR) is 96.5 cm³/mol. The lowest BCUT2D eigenvalue weighted by molar-refractivity contribution is 0.101. The first-order valence-electron chi connectivity index (χ1n) is 8.95. The zero-order valence-corrected chi connectivity index (χ0v) is 14.8. The van der Waals surface area contributed by atoms with Crippen LogP contribution in [0.1, 0.15) is 35.7 Å². The van der Waals surface area contributed by atoms with Gasteiger partial charge in [0, 0.05) is 28.6 Å². The van der Waals surface area contributed by atoms with Crippen LogP contribution in [0.5, 0.6) is 0 Å². The Morgan fingerprint density at radius 3 is 2.67 bits per heavy atom. The molecule has 0 radical (unpaired) electrons. The van der Waals surface area contributed by atoms with Gasteiger partial charge in [0.1, 0.15) is 6.04 Å². The molecule has 1 saturated carbocycles. The van der Waals surface area contributed by atoms with E-state index in [1.54, 1.807) is 4.90 Å². The van der Waals surface area contributed by atoms with E-state index >= 15 is 0 Å². The number of carbonyl (C=O) groups is 1. The molecule has 2 aliphatic rings. The molecule has 1 spiro atoms. The van der Waals surface area contributed by atoms with Crippen LogP contribution in [-0.4, -0.2) is 29.6 Å². The van der Waals surface area contributed by atoms with Crippen LogP contribution in [-0.2, 0) is 10.2 Å². The minimum atomic E-state index is -0.929. The van der Waals surface area contributed by atoms with Gasteiger partial charge in [-0.05, 0) is 42.2 Å². The van der Waals surface area contributed by atoms with Crippen LogP contribution >= 0.6 is 0 Å². The first-order valence-corrected chi connectivity index (χ1v) is 8.95. The molecule has 1 aliphatic carbocycles. The number of benzene rings is 2. The Kier molecular flexibility index (Phi) is 3.35. The van der Waals surface area contributed by atoms with Crippen molar-refractivity contribution < 1.29 is 18.3 Å². The summed E-state index contributed by atoms with van der Waals surface area (Å²) in [6.45, 7) is 0.498.